The lowest BCUT2D eigenvalue weighted by molar-refractivity contribution is 0.184. The summed E-state index contributed by atoms with van der Waals surface area (Å²) in [6, 6.07) is 3.98. The Kier molecular flexibility index (Phi) is 3.23. The summed E-state index contributed by atoms with van der Waals surface area (Å²) in [5.41, 5.74) is 2.30. The average molecular weight is 165 g/mol. The SMILES string of the molecule is Cc1cccnc1CC[C@H](C)O. The van der Waals surface area contributed by atoms with Gasteiger partial charge in [-0.05, 0) is 38.3 Å². The fourth-order valence-electron chi connectivity index (χ4n) is 1.13. The molecule has 1 aromatic heterocycles. The van der Waals surface area contributed by atoms with Crippen molar-refractivity contribution in [3.8, 4) is 0 Å². The summed E-state index contributed by atoms with van der Waals surface area (Å²) in [5.74, 6) is 0. The first-order chi connectivity index (χ1) is 5.70. The highest BCUT2D eigenvalue weighted by atomic mass is 16.3. The highest BCUT2D eigenvalue weighted by Crippen LogP contribution is 2.07. The molecule has 0 aliphatic carbocycles. The van der Waals surface area contributed by atoms with Crippen LogP contribution in [0.5, 0.6) is 0 Å². The van der Waals surface area contributed by atoms with E-state index >= 15 is 0 Å². The number of rotatable bonds is 3. The first-order valence-corrected chi connectivity index (χ1v) is 4.28. The lowest BCUT2D eigenvalue weighted by atomic mass is 10.1. The Hall–Kier alpha value is -0.890. The Morgan fingerprint density at radius 3 is 2.92 bits per heavy atom. The molecule has 12 heavy (non-hydrogen) atoms. The molecule has 66 valence electrons. The predicted octanol–water partition coefficient (Wildman–Crippen LogP) is 1.70. The Labute approximate surface area is 73.3 Å². The summed E-state index contributed by atoms with van der Waals surface area (Å²) < 4.78 is 0. The van der Waals surface area contributed by atoms with Crippen molar-refractivity contribution in [1.82, 2.24) is 4.98 Å². The fraction of sp³-hybridized carbons (Fsp3) is 0.500. The van der Waals surface area contributed by atoms with E-state index in [1.54, 1.807) is 13.1 Å². The summed E-state index contributed by atoms with van der Waals surface area (Å²) >= 11 is 0. The zero-order chi connectivity index (χ0) is 8.97. The number of aromatic nitrogens is 1. The number of aliphatic hydroxyl groups excluding tert-OH is 1. The quantitative estimate of drug-likeness (QED) is 0.739. The van der Waals surface area contributed by atoms with E-state index in [1.807, 2.05) is 19.1 Å². The smallest absolute Gasteiger partial charge is 0.0515 e. The van der Waals surface area contributed by atoms with Gasteiger partial charge in [-0.2, -0.15) is 0 Å². The molecule has 2 nitrogen and oxygen atoms in total. The molecule has 1 atom stereocenters. The zero-order valence-electron chi connectivity index (χ0n) is 7.62. The molecule has 0 aliphatic heterocycles. The third-order valence-corrected chi connectivity index (χ3v) is 1.92. The number of aryl methyl sites for hydroxylation is 2. The molecule has 0 fully saturated rings. The molecule has 0 saturated carbocycles. The van der Waals surface area contributed by atoms with Gasteiger partial charge < -0.3 is 5.11 Å². The second kappa shape index (κ2) is 4.21. The molecule has 0 bridgehead atoms. The third-order valence-electron chi connectivity index (χ3n) is 1.92. The van der Waals surface area contributed by atoms with Crippen LogP contribution in [0.1, 0.15) is 24.6 Å². The van der Waals surface area contributed by atoms with E-state index in [1.165, 1.54) is 5.56 Å². The summed E-state index contributed by atoms with van der Waals surface area (Å²) in [5, 5.41) is 9.08. The lowest BCUT2D eigenvalue weighted by Crippen LogP contribution is -2.03. The highest BCUT2D eigenvalue weighted by molar-refractivity contribution is 5.17. The molecule has 1 aromatic rings. The van der Waals surface area contributed by atoms with Gasteiger partial charge in [0.25, 0.3) is 0 Å². The van der Waals surface area contributed by atoms with Gasteiger partial charge in [-0.1, -0.05) is 6.07 Å². The van der Waals surface area contributed by atoms with Gasteiger partial charge in [-0.3, -0.25) is 4.98 Å². The normalized spacial score (nSPS) is 12.9. The zero-order valence-corrected chi connectivity index (χ0v) is 7.62. The molecular formula is C10H15NO. The molecule has 0 unspecified atom stereocenters. The van der Waals surface area contributed by atoms with Crippen LogP contribution in [0, 0.1) is 6.92 Å². The molecule has 0 aromatic carbocycles. The van der Waals surface area contributed by atoms with Crippen molar-refractivity contribution in [2.24, 2.45) is 0 Å². The molecule has 0 saturated heterocycles. The van der Waals surface area contributed by atoms with Crippen molar-refractivity contribution in [1.29, 1.82) is 0 Å². The van der Waals surface area contributed by atoms with Crippen LogP contribution in [0.2, 0.25) is 0 Å². The minimum atomic E-state index is -0.230. The molecular weight excluding hydrogens is 150 g/mol. The second-order valence-electron chi connectivity index (χ2n) is 3.15. The Bertz CT molecular complexity index is 245. The number of hydrogen-bond acceptors (Lipinski definition) is 2. The summed E-state index contributed by atoms with van der Waals surface area (Å²) in [6.07, 6.45) is 3.22. The fourth-order valence-corrected chi connectivity index (χ4v) is 1.13. The summed E-state index contributed by atoms with van der Waals surface area (Å²) in [4.78, 5) is 4.24. The van der Waals surface area contributed by atoms with Gasteiger partial charge in [-0.15, -0.1) is 0 Å². The monoisotopic (exact) mass is 165 g/mol. The van der Waals surface area contributed by atoms with E-state index < -0.39 is 0 Å². The Morgan fingerprint density at radius 1 is 1.58 bits per heavy atom. The van der Waals surface area contributed by atoms with Gasteiger partial charge in [0.1, 0.15) is 0 Å². The van der Waals surface area contributed by atoms with E-state index in [0.29, 0.717) is 0 Å². The van der Waals surface area contributed by atoms with Crippen molar-refractivity contribution in [2.45, 2.75) is 32.8 Å². The molecule has 1 rings (SSSR count). The molecule has 1 heterocycles. The van der Waals surface area contributed by atoms with Crippen LogP contribution >= 0.6 is 0 Å². The maximum atomic E-state index is 9.08. The van der Waals surface area contributed by atoms with Gasteiger partial charge in [0.2, 0.25) is 0 Å². The standard InChI is InChI=1S/C10H15NO/c1-8-4-3-7-11-10(8)6-5-9(2)12/h3-4,7,9,12H,5-6H2,1-2H3/t9-/m0/s1. The van der Waals surface area contributed by atoms with Crippen LogP contribution in [0.3, 0.4) is 0 Å². The number of aliphatic hydroxyl groups is 1. The van der Waals surface area contributed by atoms with Crippen LogP contribution in [0.15, 0.2) is 18.3 Å². The highest BCUT2D eigenvalue weighted by Gasteiger charge is 2.00. The molecule has 0 spiro atoms. The first kappa shape index (κ1) is 9.20. The lowest BCUT2D eigenvalue weighted by Gasteiger charge is -2.05. The molecule has 0 aliphatic rings. The van der Waals surface area contributed by atoms with Crippen LogP contribution in [-0.4, -0.2) is 16.2 Å². The molecule has 0 radical (unpaired) electrons. The van der Waals surface area contributed by atoms with Crippen LogP contribution in [0.25, 0.3) is 0 Å². The van der Waals surface area contributed by atoms with Crippen molar-refractivity contribution >= 4 is 0 Å². The Balaban J connectivity index is 2.57. The van der Waals surface area contributed by atoms with Gasteiger partial charge in [0.15, 0.2) is 0 Å². The third kappa shape index (κ3) is 2.62. The Morgan fingerprint density at radius 2 is 2.33 bits per heavy atom. The molecule has 0 amide bonds. The van der Waals surface area contributed by atoms with Crippen LogP contribution in [0.4, 0.5) is 0 Å². The van der Waals surface area contributed by atoms with Crippen molar-refractivity contribution in [2.75, 3.05) is 0 Å². The van der Waals surface area contributed by atoms with E-state index in [9.17, 15) is 0 Å². The maximum Gasteiger partial charge on any atom is 0.0515 e. The van der Waals surface area contributed by atoms with Crippen molar-refractivity contribution in [3.05, 3.63) is 29.6 Å². The van der Waals surface area contributed by atoms with E-state index in [-0.39, 0.29) is 6.10 Å². The average Bonchev–Trinajstić information content (AvgIpc) is 2.03. The number of nitrogens with zero attached hydrogens (tertiary/aromatic N) is 1. The van der Waals surface area contributed by atoms with Gasteiger partial charge in [0, 0.05) is 11.9 Å². The molecule has 2 heteroatoms. The molecule has 1 N–H and O–H groups in total. The second-order valence-corrected chi connectivity index (χ2v) is 3.15. The number of pyridine rings is 1. The van der Waals surface area contributed by atoms with Gasteiger partial charge >= 0.3 is 0 Å². The van der Waals surface area contributed by atoms with E-state index in [4.69, 9.17) is 5.11 Å². The minimum Gasteiger partial charge on any atom is -0.393 e. The minimum absolute atomic E-state index is 0.230. The summed E-state index contributed by atoms with van der Waals surface area (Å²) in [7, 11) is 0. The largest absolute Gasteiger partial charge is 0.393 e. The van der Waals surface area contributed by atoms with E-state index in [2.05, 4.69) is 4.98 Å². The maximum absolute atomic E-state index is 9.08. The first-order valence-electron chi connectivity index (χ1n) is 4.28. The van der Waals surface area contributed by atoms with E-state index in [0.717, 1.165) is 18.5 Å². The topological polar surface area (TPSA) is 33.1 Å². The number of hydrogen-bond donors (Lipinski definition) is 1. The predicted molar refractivity (Wildman–Crippen MR) is 49.0 cm³/mol. The van der Waals surface area contributed by atoms with Gasteiger partial charge in [-0.25, -0.2) is 0 Å². The van der Waals surface area contributed by atoms with Crippen LogP contribution < -0.4 is 0 Å². The van der Waals surface area contributed by atoms with Crippen molar-refractivity contribution < 1.29 is 5.11 Å². The van der Waals surface area contributed by atoms with Crippen molar-refractivity contribution in [3.63, 3.8) is 0 Å². The summed E-state index contributed by atoms with van der Waals surface area (Å²) in [6.45, 7) is 3.85. The van der Waals surface area contributed by atoms with Crippen LogP contribution in [-0.2, 0) is 6.42 Å². The van der Waals surface area contributed by atoms with Gasteiger partial charge in [0.05, 0.1) is 6.10 Å².